The molecule has 2 aromatic rings. The summed E-state index contributed by atoms with van der Waals surface area (Å²) < 4.78 is 0. The minimum Gasteiger partial charge on any atom is -0.115 e. The van der Waals surface area contributed by atoms with Crippen molar-refractivity contribution in [2.45, 2.75) is 0 Å². The summed E-state index contributed by atoms with van der Waals surface area (Å²) in [6.07, 6.45) is 5.36. The molecule has 0 aliphatic carbocycles. The highest BCUT2D eigenvalue weighted by Crippen LogP contribution is 2.34. The predicted octanol–water partition coefficient (Wildman–Crippen LogP) is 4.64. The summed E-state index contributed by atoms with van der Waals surface area (Å²) in [4.78, 5) is 0. The third kappa shape index (κ3) is 2.07. The van der Waals surface area contributed by atoms with Gasteiger partial charge in [0.25, 0.3) is 0 Å². The molecule has 0 spiro atoms. The van der Waals surface area contributed by atoms with Crippen molar-refractivity contribution in [1.29, 1.82) is 0 Å². The van der Waals surface area contributed by atoms with E-state index in [1.165, 1.54) is 0 Å². The van der Waals surface area contributed by atoms with Gasteiger partial charge in [-0.15, -0.1) is 6.42 Å². The van der Waals surface area contributed by atoms with Gasteiger partial charge in [-0.25, -0.2) is 0 Å². The molecule has 0 atom stereocenters. The van der Waals surface area contributed by atoms with Crippen LogP contribution in [0.1, 0.15) is 5.56 Å². The molecular formula is C14H8Cl2. The maximum atomic E-state index is 6.12. The van der Waals surface area contributed by atoms with Crippen LogP contribution in [0, 0.1) is 12.3 Å². The summed E-state index contributed by atoms with van der Waals surface area (Å²) in [5.41, 5.74) is 2.57. The molecule has 2 rings (SSSR count). The van der Waals surface area contributed by atoms with Crippen LogP contribution in [0.15, 0.2) is 42.5 Å². The van der Waals surface area contributed by atoms with E-state index in [4.69, 9.17) is 29.6 Å². The first kappa shape index (κ1) is 11.1. The smallest absolute Gasteiger partial charge is 0.0499 e. The monoisotopic (exact) mass is 246 g/mol. The fraction of sp³-hybridized carbons (Fsp3) is 0. The van der Waals surface area contributed by atoms with Gasteiger partial charge in [-0.3, -0.25) is 0 Å². The van der Waals surface area contributed by atoms with E-state index in [1.54, 1.807) is 0 Å². The molecule has 0 fully saturated rings. The van der Waals surface area contributed by atoms with E-state index in [2.05, 4.69) is 5.92 Å². The van der Waals surface area contributed by atoms with E-state index in [0.29, 0.717) is 10.0 Å². The first-order valence-electron chi connectivity index (χ1n) is 4.73. The molecule has 2 heteroatoms. The van der Waals surface area contributed by atoms with Gasteiger partial charge in [-0.05, 0) is 29.8 Å². The van der Waals surface area contributed by atoms with E-state index in [9.17, 15) is 0 Å². The number of rotatable bonds is 1. The summed E-state index contributed by atoms with van der Waals surface area (Å²) in [5, 5.41) is 1.25. The van der Waals surface area contributed by atoms with Gasteiger partial charge in [0.15, 0.2) is 0 Å². The van der Waals surface area contributed by atoms with Crippen molar-refractivity contribution in [1.82, 2.24) is 0 Å². The zero-order valence-electron chi connectivity index (χ0n) is 8.37. The summed E-state index contributed by atoms with van der Waals surface area (Å²) in [7, 11) is 0. The maximum absolute atomic E-state index is 6.12. The average Bonchev–Trinajstić information content (AvgIpc) is 2.29. The minimum atomic E-state index is 0.627. The molecule has 0 saturated carbocycles. The Hall–Kier alpha value is -1.42. The van der Waals surface area contributed by atoms with E-state index in [0.717, 1.165) is 16.7 Å². The largest absolute Gasteiger partial charge is 0.115 e. The number of hydrogen-bond donors (Lipinski definition) is 0. The van der Waals surface area contributed by atoms with E-state index in [-0.39, 0.29) is 0 Å². The molecular weight excluding hydrogens is 239 g/mol. The number of benzene rings is 2. The summed E-state index contributed by atoms with van der Waals surface area (Å²) in [5.74, 6) is 2.59. The molecule has 2 aromatic carbocycles. The van der Waals surface area contributed by atoms with Crippen LogP contribution in [0.4, 0.5) is 0 Å². The van der Waals surface area contributed by atoms with Crippen LogP contribution >= 0.6 is 23.2 Å². The lowest BCUT2D eigenvalue weighted by atomic mass is 10.0. The van der Waals surface area contributed by atoms with Crippen molar-refractivity contribution >= 4 is 23.2 Å². The molecule has 0 N–H and O–H groups in total. The normalized spacial score (nSPS) is 9.81. The standard InChI is InChI=1S/C14H8Cl2/c1-2-10-5-3-6-11(9-10)14-12(15)7-4-8-13(14)16/h1,3-9H. The lowest BCUT2D eigenvalue weighted by molar-refractivity contribution is 1.59. The minimum absolute atomic E-state index is 0.627. The fourth-order valence-corrected chi connectivity index (χ4v) is 2.15. The van der Waals surface area contributed by atoms with Crippen molar-refractivity contribution in [3.05, 3.63) is 58.1 Å². The summed E-state index contributed by atoms with van der Waals surface area (Å²) >= 11 is 12.2. The molecule has 0 nitrogen and oxygen atoms in total. The third-order valence-corrected chi connectivity index (χ3v) is 2.91. The van der Waals surface area contributed by atoms with Gasteiger partial charge in [-0.2, -0.15) is 0 Å². The van der Waals surface area contributed by atoms with Gasteiger partial charge in [-0.1, -0.05) is 47.3 Å². The molecule has 0 amide bonds. The van der Waals surface area contributed by atoms with Crippen LogP contribution in [-0.2, 0) is 0 Å². The van der Waals surface area contributed by atoms with E-state index in [1.807, 2.05) is 42.5 Å². The summed E-state index contributed by atoms with van der Waals surface area (Å²) in [6.45, 7) is 0. The van der Waals surface area contributed by atoms with Crippen LogP contribution < -0.4 is 0 Å². The molecule has 0 aliphatic rings. The zero-order chi connectivity index (χ0) is 11.5. The predicted molar refractivity (Wildman–Crippen MR) is 69.8 cm³/mol. The highest BCUT2D eigenvalue weighted by Gasteiger charge is 2.07. The van der Waals surface area contributed by atoms with Crippen molar-refractivity contribution in [2.24, 2.45) is 0 Å². The van der Waals surface area contributed by atoms with Gasteiger partial charge in [0.2, 0.25) is 0 Å². The van der Waals surface area contributed by atoms with Crippen LogP contribution in [0.3, 0.4) is 0 Å². The SMILES string of the molecule is C#Cc1cccc(-c2c(Cl)cccc2Cl)c1. The van der Waals surface area contributed by atoms with Gasteiger partial charge in [0.05, 0.1) is 0 Å². The van der Waals surface area contributed by atoms with Crippen molar-refractivity contribution in [3.8, 4) is 23.5 Å². The first-order chi connectivity index (χ1) is 7.72. The van der Waals surface area contributed by atoms with Gasteiger partial charge in [0, 0.05) is 21.2 Å². The number of terminal acetylenes is 1. The quantitative estimate of drug-likeness (QED) is 0.644. The van der Waals surface area contributed by atoms with Gasteiger partial charge < -0.3 is 0 Å². The third-order valence-electron chi connectivity index (χ3n) is 2.28. The Balaban J connectivity index is 2.64. The Kier molecular flexibility index (Phi) is 3.19. The molecule has 0 aliphatic heterocycles. The lowest BCUT2D eigenvalue weighted by Gasteiger charge is -2.07. The second kappa shape index (κ2) is 4.61. The molecule has 0 unspecified atom stereocenters. The molecule has 78 valence electrons. The Morgan fingerprint density at radius 2 is 1.56 bits per heavy atom. The molecule has 0 heterocycles. The fourth-order valence-electron chi connectivity index (χ4n) is 1.54. The topological polar surface area (TPSA) is 0 Å². The second-order valence-corrected chi connectivity index (χ2v) is 4.14. The van der Waals surface area contributed by atoms with Gasteiger partial charge in [0.1, 0.15) is 0 Å². The number of hydrogen-bond acceptors (Lipinski definition) is 0. The van der Waals surface area contributed by atoms with Crippen molar-refractivity contribution in [2.75, 3.05) is 0 Å². The van der Waals surface area contributed by atoms with Gasteiger partial charge >= 0.3 is 0 Å². The Labute approximate surface area is 105 Å². The molecule has 0 radical (unpaired) electrons. The lowest BCUT2D eigenvalue weighted by Crippen LogP contribution is -1.83. The molecule has 16 heavy (non-hydrogen) atoms. The van der Waals surface area contributed by atoms with E-state index < -0.39 is 0 Å². The molecule has 0 saturated heterocycles. The van der Waals surface area contributed by atoms with Crippen LogP contribution in [0.5, 0.6) is 0 Å². The highest BCUT2D eigenvalue weighted by molar-refractivity contribution is 6.39. The Morgan fingerprint density at radius 3 is 2.19 bits per heavy atom. The summed E-state index contributed by atoms with van der Waals surface area (Å²) in [6, 6.07) is 13.0. The first-order valence-corrected chi connectivity index (χ1v) is 5.49. The second-order valence-electron chi connectivity index (χ2n) is 3.32. The average molecular weight is 247 g/mol. The van der Waals surface area contributed by atoms with Crippen LogP contribution in [-0.4, -0.2) is 0 Å². The van der Waals surface area contributed by atoms with Crippen molar-refractivity contribution < 1.29 is 0 Å². The highest BCUT2D eigenvalue weighted by atomic mass is 35.5. The number of halogens is 2. The van der Waals surface area contributed by atoms with Crippen LogP contribution in [0.25, 0.3) is 11.1 Å². The van der Waals surface area contributed by atoms with Crippen LogP contribution in [0.2, 0.25) is 10.0 Å². The Morgan fingerprint density at radius 1 is 0.938 bits per heavy atom. The molecule has 0 bridgehead atoms. The Bertz CT molecular complexity index is 545. The van der Waals surface area contributed by atoms with Crippen molar-refractivity contribution in [3.63, 3.8) is 0 Å². The maximum Gasteiger partial charge on any atom is 0.0499 e. The zero-order valence-corrected chi connectivity index (χ0v) is 9.89. The van der Waals surface area contributed by atoms with E-state index >= 15 is 0 Å². The molecule has 0 aromatic heterocycles.